The van der Waals surface area contributed by atoms with Gasteiger partial charge < -0.3 is 4.90 Å². The normalized spacial score (nSPS) is 11.4. The molecule has 0 unspecified atom stereocenters. The number of hydrogen-bond acceptors (Lipinski definition) is 6. The highest BCUT2D eigenvalue weighted by Crippen LogP contribution is 2.28. The van der Waals surface area contributed by atoms with Crippen LogP contribution in [-0.2, 0) is 16.4 Å². The van der Waals surface area contributed by atoms with Crippen LogP contribution in [0.3, 0.4) is 0 Å². The quantitative estimate of drug-likeness (QED) is 0.615. The first-order valence-electron chi connectivity index (χ1n) is 7.81. The molecule has 1 heterocycles. The number of hydrogen-bond donors (Lipinski definition) is 1. The number of halogens is 2. The van der Waals surface area contributed by atoms with E-state index in [2.05, 4.69) is 14.9 Å². The SMILES string of the molecule is CN(C)c1ccc(Cc2nnc(NS(=O)(=O)c3ccc(Cl)cc3Cl)s2)cc1. The summed E-state index contributed by atoms with van der Waals surface area (Å²) in [6, 6.07) is 12.2. The van der Waals surface area contributed by atoms with Crippen LogP contribution in [0.5, 0.6) is 0 Å². The summed E-state index contributed by atoms with van der Waals surface area (Å²) in [5.74, 6) is 0. The fraction of sp³-hybridized carbons (Fsp3) is 0.176. The second-order valence-electron chi connectivity index (χ2n) is 5.92. The molecule has 3 aromatic rings. The summed E-state index contributed by atoms with van der Waals surface area (Å²) in [5.41, 5.74) is 2.16. The summed E-state index contributed by atoms with van der Waals surface area (Å²) >= 11 is 13.0. The molecule has 3 rings (SSSR count). The van der Waals surface area contributed by atoms with Crippen molar-refractivity contribution in [2.45, 2.75) is 11.3 Å². The van der Waals surface area contributed by atoms with E-state index >= 15 is 0 Å². The van der Waals surface area contributed by atoms with Crippen molar-refractivity contribution < 1.29 is 8.42 Å². The highest BCUT2D eigenvalue weighted by Gasteiger charge is 2.20. The van der Waals surface area contributed by atoms with E-state index in [1.807, 2.05) is 43.3 Å². The predicted octanol–water partition coefficient (Wildman–Crippen LogP) is 4.30. The minimum Gasteiger partial charge on any atom is -0.378 e. The Morgan fingerprint density at radius 1 is 1.07 bits per heavy atom. The van der Waals surface area contributed by atoms with Crippen LogP contribution in [0.2, 0.25) is 10.0 Å². The molecule has 6 nitrogen and oxygen atoms in total. The highest BCUT2D eigenvalue weighted by atomic mass is 35.5. The minimum atomic E-state index is -3.87. The molecular weight excluding hydrogens is 427 g/mol. The van der Waals surface area contributed by atoms with Gasteiger partial charge in [-0.1, -0.05) is 46.7 Å². The zero-order valence-corrected chi connectivity index (χ0v) is 17.6. The van der Waals surface area contributed by atoms with Crippen LogP contribution in [-0.4, -0.2) is 32.7 Å². The van der Waals surface area contributed by atoms with Gasteiger partial charge in [0.1, 0.15) is 9.90 Å². The monoisotopic (exact) mass is 442 g/mol. The highest BCUT2D eigenvalue weighted by molar-refractivity contribution is 7.93. The molecule has 10 heteroatoms. The summed E-state index contributed by atoms with van der Waals surface area (Å²) < 4.78 is 27.4. The number of rotatable bonds is 6. The van der Waals surface area contributed by atoms with Crippen LogP contribution in [0.4, 0.5) is 10.8 Å². The van der Waals surface area contributed by atoms with Gasteiger partial charge in [-0.25, -0.2) is 8.42 Å². The molecule has 0 aliphatic carbocycles. The Morgan fingerprint density at radius 2 is 1.78 bits per heavy atom. The van der Waals surface area contributed by atoms with E-state index in [1.54, 1.807) is 0 Å². The average molecular weight is 443 g/mol. The Hall–Kier alpha value is -1.87. The van der Waals surface area contributed by atoms with E-state index in [4.69, 9.17) is 23.2 Å². The van der Waals surface area contributed by atoms with Crippen molar-refractivity contribution >= 4 is 55.4 Å². The molecule has 0 radical (unpaired) electrons. The van der Waals surface area contributed by atoms with Gasteiger partial charge in [-0.2, -0.15) is 0 Å². The van der Waals surface area contributed by atoms with Crippen molar-refractivity contribution in [3.63, 3.8) is 0 Å². The molecule has 0 amide bonds. The topological polar surface area (TPSA) is 75.2 Å². The van der Waals surface area contributed by atoms with Crippen LogP contribution >= 0.6 is 34.5 Å². The molecule has 0 aliphatic heterocycles. The van der Waals surface area contributed by atoms with Gasteiger partial charge in [0.15, 0.2) is 0 Å². The molecule has 0 bridgehead atoms. The van der Waals surface area contributed by atoms with Crippen LogP contribution in [0.1, 0.15) is 10.6 Å². The Labute approximate surface area is 171 Å². The van der Waals surface area contributed by atoms with E-state index in [-0.39, 0.29) is 15.0 Å². The molecule has 0 atom stereocenters. The molecule has 0 spiro atoms. The third-order valence-corrected chi connectivity index (χ3v) is 6.70. The molecule has 0 aliphatic rings. The predicted molar refractivity (Wildman–Crippen MR) is 111 cm³/mol. The zero-order valence-electron chi connectivity index (χ0n) is 14.5. The lowest BCUT2D eigenvalue weighted by Gasteiger charge is -2.12. The first kappa shape index (κ1) is 19.9. The fourth-order valence-corrected chi connectivity index (χ4v) is 5.09. The summed E-state index contributed by atoms with van der Waals surface area (Å²) in [6.07, 6.45) is 0.564. The molecule has 0 fully saturated rings. The number of aromatic nitrogens is 2. The molecule has 1 aromatic heterocycles. The molecule has 1 N–H and O–H groups in total. The van der Waals surface area contributed by atoms with Crippen LogP contribution < -0.4 is 9.62 Å². The maximum atomic E-state index is 12.5. The average Bonchev–Trinajstić information content (AvgIpc) is 3.01. The number of nitrogens with zero attached hydrogens (tertiary/aromatic N) is 3. The standard InChI is InChI=1S/C17H16Cl2N4O2S2/c1-23(2)13-6-3-11(4-7-13)9-16-20-21-17(26-16)22-27(24,25)15-8-5-12(18)10-14(15)19/h3-8,10H,9H2,1-2H3,(H,21,22). The van der Waals surface area contributed by atoms with Crippen molar-refractivity contribution in [3.05, 3.63) is 63.1 Å². The largest absolute Gasteiger partial charge is 0.378 e. The van der Waals surface area contributed by atoms with Gasteiger partial charge in [-0.05, 0) is 35.9 Å². The summed E-state index contributed by atoms with van der Waals surface area (Å²) in [6.45, 7) is 0. The van der Waals surface area contributed by atoms with E-state index < -0.39 is 10.0 Å². The lowest BCUT2D eigenvalue weighted by Crippen LogP contribution is -2.13. The van der Waals surface area contributed by atoms with Crippen LogP contribution in [0.25, 0.3) is 0 Å². The Bertz CT molecular complexity index is 1050. The van der Waals surface area contributed by atoms with Gasteiger partial charge in [0, 0.05) is 31.2 Å². The Kier molecular flexibility index (Phi) is 5.90. The number of benzene rings is 2. The maximum Gasteiger partial charge on any atom is 0.265 e. The maximum absolute atomic E-state index is 12.5. The second-order valence-corrected chi connectivity index (χ2v) is 9.48. The lowest BCUT2D eigenvalue weighted by molar-refractivity contribution is 0.601. The van der Waals surface area contributed by atoms with Crippen molar-refractivity contribution in [2.24, 2.45) is 0 Å². The smallest absolute Gasteiger partial charge is 0.265 e. The van der Waals surface area contributed by atoms with Gasteiger partial charge in [-0.3, -0.25) is 4.72 Å². The third-order valence-electron chi connectivity index (χ3n) is 3.68. The molecule has 0 saturated heterocycles. The number of anilines is 2. The molecular formula is C17H16Cl2N4O2S2. The van der Waals surface area contributed by atoms with Crippen molar-refractivity contribution in [1.29, 1.82) is 0 Å². The molecule has 2 aromatic carbocycles. The van der Waals surface area contributed by atoms with Crippen molar-refractivity contribution in [1.82, 2.24) is 10.2 Å². The number of sulfonamides is 1. The Balaban J connectivity index is 1.73. The van der Waals surface area contributed by atoms with E-state index in [1.165, 1.54) is 29.5 Å². The Morgan fingerprint density at radius 3 is 2.41 bits per heavy atom. The van der Waals surface area contributed by atoms with Gasteiger partial charge in [-0.15, -0.1) is 10.2 Å². The summed E-state index contributed by atoms with van der Waals surface area (Å²) in [4.78, 5) is 1.95. The first-order valence-corrected chi connectivity index (χ1v) is 10.9. The van der Waals surface area contributed by atoms with Crippen LogP contribution in [0, 0.1) is 0 Å². The second kappa shape index (κ2) is 8.02. The van der Waals surface area contributed by atoms with Gasteiger partial charge in [0.2, 0.25) is 5.13 Å². The fourth-order valence-electron chi connectivity index (χ4n) is 2.32. The van der Waals surface area contributed by atoms with Crippen molar-refractivity contribution in [3.8, 4) is 0 Å². The molecule has 0 saturated carbocycles. The van der Waals surface area contributed by atoms with Crippen molar-refractivity contribution in [2.75, 3.05) is 23.7 Å². The van der Waals surface area contributed by atoms with E-state index in [0.717, 1.165) is 11.3 Å². The summed E-state index contributed by atoms with van der Waals surface area (Å²) in [5, 5.41) is 9.26. The minimum absolute atomic E-state index is 0.0423. The number of nitrogens with one attached hydrogen (secondary N) is 1. The first-order chi connectivity index (χ1) is 12.7. The van der Waals surface area contributed by atoms with E-state index in [0.29, 0.717) is 16.5 Å². The lowest BCUT2D eigenvalue weighted by atomic mass is 10.1. The van der Waals surface area contributed by atoms with Gasteiger partial charge in [0.25, 0.3) is 10.0 Å². The van der Waals surface area contributed by atoms with E-state index in [9.17, 15) is 8.42 Å². The molecule has 142 valence electrons. The van der Waals surface area contributed by atoms with Gasteiger partial charge >= 0.3 is 0 Å². The van der Waals surface area contributed by atoms with Crippen LogP contribution in [0.15, 0.2) is 47.4 Å². The molecule has 27 heavy (non-hydrogen) atoms. The summed E-state index contributed by atoms with van der Waals surface area (Å²) in [7, 11) is 0.0809. The third kappa shape index (κ3) is 4.90. The zero-order chi connectivity index (χ0) is 19.6. The van der Waals surface area contributed by atoms with Gasteiger partial charge in [0.05, 0.1) is 5.02 Å².